The van der Waals surface area contributed by atoms with Crippen LogP contribution in [-0.4, -0.2) is 46.4 Å². The summed E-state index contributed by atoms with van der Waals surface area (Å²) >= 11 is 0. The highest BCUT2D eigenvalue weighted by molar-refractivity contribution is 7.68. The van der Waals surface area contributed by atoms with Gasteiger partial charge in [0.15, 0.2) is 11.5 Å². The molecule has 3 heterocycles. The van der Waals surface area contributed by atoms with Gasteiger partial charge >= 0.3 is 23.4 Å². The van der Waals surface area contributed by atoms with Crippen LogP contribution in [-0.2, 0) is 31.6 Å². The molecular formula is C16H20N9O10P3. The van der Waals surface area contributed by atoms with E-state index in [1.54, 1.807) is 0 Å². The molecule has 1 saturated heterocycles. The minimum atomic E-state index is -5.64. The number of rotatable bonds is 10. The molecule has 0 bridgehead atoms. The van der Waals surface area contributed by atoms with E-state index in [1.165, 1.54) is 48.4 Å². The maximum Gasteiger partial charge on any atom is 0.489 e. The predicted octanol–water partition coefficient (Wildman–Crippen LogP) is 3.49. The van der Waals surface area contributed by atoms with Crippen LogP contribution in [0.15, 0.2) is 42.0 Å². The third-order valence-electron chi connectivity index (χ3n) is 5.01. The molecule has 3 unspecified atom stereocenters. The van der Waals surface area contributed by atoms with E-state index < -0.39 is 41.8 Å². The van der Waals surface area contributed by atoms with E-state index in [-0.39, 0.29) is 23.6 Å². The number of ether oxygens (including phenoxy) is 1. The van der Waals surface area contributed by atoms with E-state index in [0.717, 1.165) is 0 Å². The molecule has 1 aliphatic rings. The summed E-state index contributed by atoms with van der Waals surface area (Å²) in [4.78, 5) is 44.5. The fourth-order valence-electron chi connectivity index (χ4n) is 3.48. The van der Waals surface area contributed by atoms with Crippen molar-refractivity contribution in [1.82, 2.24) is 19.5 Å². The number of phosphoric acid groups is 2. The molecule has 0 spiro atoms. The van der Waals surface area contributed by atoms with Crippen LogP contribution in [0, 0.1) is 0 Å². The fraction of sp³-hybridized carbons (Fsp3) is 0.312. The van der Waals surface area contributed by atoms with Crippen LogP contribution < -0.4 is 10.8 Å². The summed E-state index contributed by atoms with van der Waals surface area (Å²) in [5, 5.41) is 5.25. The number of azide groups is 1. The van der Waals surface area contributed by atoms with Crippen molar-refractivity contribution in [2.75, 3.05) is 10.8 Å². The zero-order valence-electron chi connectivity index (χ0n) is 19.2. The molecule has 0 aliphatic carbocycles. The van der Waals surface area contributed by atoms with Crippen molar-refractivity contribution >= 4 is 51.7 Å². The third kappa shape index (κ3) is 6.74. The number of fused-ring (bicyclic) bond motifs is 1. The van der Waals surface area contributed by atoms with E-state index in [1.807, 2.05) is 5.09 Å². The van der Waals surface area contributed by atoms with Crippen LogP contribution in [0.4, 0.5) is 17.2 Å². The van der Waals surface area contributed by atoms with Crippen molar-refractivity contribution in [3.05, 3.63) is 47.4 Å². The lowest BCUT2D eigenvalue weighted by Gasteiger charge is -2.21. The Morgan fingerprint density at radius 3 is 2.55 bits per heavy atom. The van der Waals surface area contributed by atoms with Gasteiger partial charge in [-0.2, -0.15) is 8.62 Å². The topological polar surface area (TPSA) is 279 Å². The second-order valence-electron chi connectivity index (χ2n) is 7.73. The lowest BCUT2D eigenvalue weighted by Crippen LogP contribution is -2.20. The third-order valence-corrected chi connectivity index (χ3v) is 9.45. The first kappa shape index (κ1) is 28.1. The molecule has 2 aromatic heterocycles. The van der Waals surface area contributed by atoms with Gasteiger partial charge in [-0.25, -0.2) is 28.6 Å². The molecule has 1 fully saturated rings. The lowest BCUT2D eigenvalue weighted by atomic mass is 10.2. The van der Waals surface area contributed by atoms with Crippen LogP contribution in [0.5, 0.6) is 0 Å². The zero-order valence-corrected chi connectivity index (χ0v) is 21.8. The van der Waals surface area contributed by atoms with Crippen molar-refractivity contribution < 1.29 is 46.3 Å². The predicted molar refractivity (Wildman–Crippen MR) is 129 cm³/mol. The first-order chi connectivity index (χ1) is 17.8. The number of nitrogens with zero attached hydrogens (tertiary/aromatic N) is 7. The summed E-state index contributed by atoms with van der Waals surface area (Å²) in [6, 6.07) is 4.97. The van der Waals surface area contributed by atoms with Crippen LogP contribution in [0.1, 0.15) is 19.6 Å². The molecule has 6 N–H and O–H groups in total. The number of nitrogens with two attached hydrogens (primary N) is 1. The molecule has 0 amide bonds. The Bertz CT molecular complexity index is 1530. The van der Waals surface area contributed by atoms with E-state index >= 15 is 0 Å². The van der Waals surface area contributed by atoms with Gasteiger partial charge in [-0.05, 0) is 24.6 Å². The lowest BCUT2D eigenvalue weighted by molar-refractivity contribution is -0.00647. The molecule has 19 nitrogen and oxygen atoms in total. The minimum absolute atomic E-state index is 0.0348. The molecule has 0 saturated carbocycles. The van der Waals surface area contributed by atoms with Gasteiger partial charge in [-0.1, -0.05) is 17.2 Å². The Hall–Kier alpha value is -2.91. The molecule has 6 atom stereocenters. The second-order valence-corrected chi connectivity index (χ2v) is 12.4. The van der Waals surface area contributed by atoms with E-state index in [2.05, 4.69) is 33.6 Å². The molecule has 4 rings (SSSR count). The number of aromatic nitrogens is 4. The van der Waals surface area contributed by atoms with Crippen LogP contribution in [0.25, 0.3) is 21.6 Å². The maximum absolute atomic E-state index is 12.5. The first-order valence-electron chi connectivity index (χ1n) is 10.4. The summed E-state index contributed by atoms with van der Waals surface area (Å²) < 4.78 is 57.7. The number of benzene rings is 1. The van der Waals surface area contributed by atoms with Crippen molar-refractivity contribution in [1.29, 1.82) is 0 Å². The monoisotopic (exact) mass is 591 g/mol. The SMILES string of the molecule is C[C@H]1O[C@@H](n2cnc3c(N)ncnc32)C[C@@H]1OP(=O)(O)OP(=O)(O)OP(=O)(O)Nc1ccc(N=[N+]=[N-])cc1. The molecule has 1 aliphatic heterocycles. The smallest absolute Gasteiger partial charge is 0.382 e. The van der Waals surface area contributed by atoms with Gasteiger partial charge < -0.3 is 25.2 Å². The zero-order chi connectivity index (χ0) is 27.7. The van der Waals surface area contributed by atoms with Crippen LogP contribution >= 0.6 is 23.4 Å². The molecular weight excluding hydrogens is 571 g/mol. The number of nitrogen functional groups attached to an aromatic ring is 1. The molecule has 1 aromatic carbocycles. The largest absolute Gasteiger partial charge is 0.489 e. The maximum atomic E-state index is 12.5. The summed E-state index contributed by atoms with van der Waals surface area (Å²) in [6.45, 7) is 1.52. The van der Waals surface area contributed by atoms with Gasteiger partial charge in [0.25, 0.3) is 0 Å². The standard InChI is InChI=1S/C16H20N9O10P3/c1-9-12(6-13(32-9)25-8-21-14-15(17)19-7-20-16(14)25)33-37(28,29)35-38(30,31)34-36(26,27)23-11-4-2-10(3-5-11)22-24-18/h2-5,7-9,12-13H,6H2,1H3,(H,28,29)(H,30,31)(H2,17,19,20)(H2,23,26,27)/t9-,12+,13-/m1/s1. The van der Waals surface area contributed by atoms with Gasteiger partial charge in [-0.3, -0.25) is 14.2 Å². The van der Waals surface area contributed by atoms with Gasteiger partial charge in [0.2, 0.25) is 0 Å². The molecule has 22 heteroatoms. The summed E-state index contributed by atoms with van der Waals surface area (Å²) in [7, 11) is -16.1. The van der Waals surface area contributed by atoms with Gasteiger partial charge in [-0.15, -0.1) is 0 Å². The molecule has 38 heavy (non-hydrogen) atoms. The van der Waals surface area contributed by atoms with Gasteiger partial charge in [0.05, 0.1) is 18.5 Å². The highest BCUT2D eigenvalue weighted by Gasteiger charge is 2.45. The van der Waals surface area contributed by atoms with E-state index in [0.29, 0.717) is 11.2 Å². The highest BCUT2D eigenvalue weighted by atomic mass is 31.3. The Balaban J connectivity index is 1.39. The quantitative estimate of drug-likeness (QED) is 0.0976. The Labute approximate surface area is 213 Å². The highest BCUT2D eigenvalue weighted by Crippen LogP contribution is 2.67. The normalized spacial score (nSPS) is 24.2. The Morgan fingerprint density at radius 1 is 1.16 bits per heavy atom. The number of phosphoric ester groups is 1. The summed E-state index contributed by atoms with van der Waals surface area (Å²) in [5.41, 5.74) is 14.9. The van der Waals surface area contributed by atoms with Crippen molar-refractivity contribution in [2.24, 2.45) is 5.11 Å². The van der Waals surface area contributed by atoms with E-state index in [4.69, 9.17) is 20.5 Å². The van der Waals surface area contributed by atoms with Crippen molar-refractivity contribution in [2.45, 2.75) is 31.8 Å². The number of hydrogen-bond acceptors (Lipinski definition) is 12. The number of imidazole rings is 1. The van der Waals surface area contributed by atoms with Gasteiger partial charge in [0, 0.05) is 22.7 Å². The average molecular weight is 591 g/mol. The summed E-state index contributed by atoms with van der Waals surface area (Å²) in [6.07, 6.45) is -0.119. The number of anilines is 2. The van der Waals surface area contributed by atoms with E-state index in [9.17, 15) is 28.4 Å². The van der Waals surface area contributed by atoms with Crippen LogP contribution in [0.2, 0.25) is 0 Å². The molecule has 0 radical (unpaired) electrons. The minimum Gasteiger partial charge on any atom is -0.382 e. The molecule has 204 valence electrons. The average Bonchev–Trinajstić information content (AvgIpc) is 3.37. The molecule has 3 aromatic rings. The van der Waals surface area contributed by atoms with Crippen LogP contribution in [0.3, 0.4) is 0 Å². The van der Waals surface area contributed by atoms with Gasteiger partial charge in [0.1, 0.15) is 18.1 Å². The van der Waals surface area contributed by atoms with Crippen molar-refractivity contribution in [3.8, 4) is 0 Å². The summed E-state index contributed by atoms with van der Waals surface area (Å²) in [5.74, 6) is 0.139. The second kappa shape index (κ2) is 10.7. The Morgan fingerprint density at radius 2 is 1.87 bits per heavy atom. The number of nitrogens with one attached hydrogen (secondary N) is 1. The van der Waals surface area contributed by atoms with Crippen molar-refractivity contribution in [3.63, 3.8) is 0 Å². The first-order valence-corrected chi connectivity index (χ1v) is 15.0. The Kier molecular flexibility index (Phi) is 7.91. The fourth-order valence-corrected chi connectivity index (χ4v) is 7.43. The number of hydrogen-bond donors (Lipinski definition) is 5.